The Balaban J connectivity index is -0.000000980. The second kappa shape index (κ2) is 10.5. The molecule has 0 unspecified atom stereocenters. The number of rotatable bonds is 8. The molecule has 0 aliphatic rings. The maximum absolute atomic E-state index is 10.7. The van der Waals surface area contributed by atoms with Crippen molar-refractivity contribution < 1.29 is 53.5 Å². The molecule has 0 aliphatic carbocycles. The zero-order valence-electron chi connectivity index (χ0n) is 10.9. The van der Waals surface area contributed by atoms with E-state index in [1.165, 1.54) is 7.11 Å². The fourth-order valence-corrected chi connectivity index (χ4v) is 1.76. The van der Waals surface area contributed by atoms with E-state index in [1.54, 1.807) is 0 Å². The quantitative estimate of drug-likeness (QED) is 0.249. The van der Waals surface area contributed by atoms with Gasteiger partial charge in [-0.1, -0.05) is 19.3 Å². The third-order valence-corrected chi connectivity index (χ3v) is 2.82. The third kappa shape index (κ3) is 14.4. The molecule has 5 nitrogen and oxygen atoms in total. The fraction of sp³-hybridized carbons (Fsp3) is 0.889. The molecule has 1 N–H and O–H groups in total. The van der Waals surface area contributed by atoms with Crippen LogP contribution in [0.25, 0.3) is 0 Å². The molecule has 0 fully saturated rings. The van der Waals surface area contributed by atoms with Gasteiger partial charge >= 0.3 is 35.5 Å². The molecule has 0 aromatic carbocycles. The predicted octanol–water partition coefficient (Wildman–Crippen LogP) is -1.50. The first-order valence-corrected chi connectivity index (χ1v) is 6.58. The van der Waals surface area contributed by atoms with Crippen LogP contribution in [0.5, 0.6) is 0 Å². The van der Waals surface area contributed by atoms with Gasteiger partial charge in [0.25, 0.3) is 10.1 Å². The summed E-state index contributed by atoms with van der Waals surface area (Å²) in [5, 5.41) is 0. The monoisotopic (exact) mass is 262 g/mol. The maximum atomic E-state index is 10.7. The predicted molar refractivity (Wildman–Crippen MR) is 57.2 cm³/mol. The van der Waals surface area contributed by atoms with E-state index in [1.807, 2.05) is 0 Å². The van der Waals surface area contributed by atoms with Gasteiger partial charge in [-0.25, -0.2) is 0 Å². The van der Waals surface area contributed by atoms with E-state index in [-0.39, 0.29) is 42.7 Å². The van der Waals surface area contributed by atoms with Crippen LogP contribution in [0.2, 0.25) is 0 Å². The Hall–Kier alpha value is 0.380. The van der Waals surface area contributed by atoms with E-state index in [2.05, 4.69) is 4.74 Å². The zero-order valence-corrected chi connectivity index (χ0v) is 12.8. The standard InChI is InChI=1S/C9H18O5S.Na.H/c1-14-9(10)7-5-3-2-4-6-8-15(11,12)13;;/h2-8H2,1H3,(H,11,12,13);;/q;+1;-1. The van der Waals surface area contributed by atoms with Crippen molar-refractivity contribution in [2.45, 2.75) is 38.5 Å². The third-order valence-electron chi connectivity index (χ3n) is 2.01. The van der Waals surface area contributed by atoms with E-state index in [9.17, 15) is 13.2 Å². The van der Waals surface area contributed by atoms with Crippen LogP contribution in [0.3, 0.4) is 0 Å². The van der Waals surface area contributed by atoms with Crippen molar-refractivity contribution in [2.75, 3.05) is 12.9 Å². The van der Waals surface area contributed by atoms with Gasteiger partial charge in [0.15, 0.2) is 0 Å². The van der Waals surface area contributed by atoms with Gasteiger partial charge in [0, 0.05) is 6.42 Å². The first kappa shape index (κ1) is 18.7. The number of unbranched alkanes of at least 4 members (excludes halogenated alkanes) is 4. The van der Waals surface area contributed by atoms with Gasteiger partial charge < -0.3 is 6.16 Å². The number of methoxy groups -OCH3 is 1. The first-order valence-electron chi connectivity index (χ1n) is 4.97. The molecule has 0 aromatic rings. The van der Waals surface area contributed by atoms with Crippen LogP contribution in [0.4, 0.5) is 0 Å². The van der Waals surface area contributed by atoms with Gasteiger partial charge in [-0.05, 0) is 12.8 Å². The smallest absolute Gasteiger partial charge is 1.00 e. The second-order valence-corrected chi connectivity index (χ2v) is 4.95. The SMILES string of the molecule is COC(=O)CCCCCCCS(=O)(=O)O.[H-].[Na+]. The van der Waals surface area contributed by atoms with Crippen LogP contribution in [-0.4, -0.2) is 31.8 Å². The van der Waals surface area contributed by atoms with Gasteiger partial charge in [-0.3, -0.25) is 9.35 Å². The number of carbonyl (C=O) groups excluding carboxylic acids is 1. The summed E-state index contributed by atoms with van der Waals surface area (Å²) in [5.74, 6) is -0.391. The number of carbonyl (C=O) groups is 1. The van der Waals surface area contributed by atoms with Crippen LogP contribution in [0.1, 0.15) is 40.0 Å². The van der Waals surface area contributed by atoms with E-state index >= 15 is 0 Å². The van der Waals surface area contributed by atoms with Gasteiger partial charge in [-0.15, -0.1) is 0 Å². The van der Waals surface area contributed by atoms with Gasteiger partial charge in [0.2, 0.25) is 0 Å². The number of hydrogen-bond donors (Lipinski definition) is 1. The van der Waals surface area contributed by atoms with E-state index in [0.717, 1.165) is 25.7 Å². The van der Waals surface area contributed by atoms with E-state index < -0.39 is 10.1 Å². The number of esters is 1. The molecule has 0 saturated carbocycles. The Morgan fingerprint density at radius 3 is 2.19 bits per heavy atom. The second-order valence-electron chi connectivity index (χ2n) is 3.38. The Kier molecular flexibility index (Phi) is 12.3. The van der Waals surface area contributed by atoms with Crippen molar-refractivity contribution >= 4 is 16.1 Å². The molecule has 92 valence electrons. The minimum Gasteiger partial charge on any atom is -1.00 e. The fourth-order valence-electron chi connectivity index (χ4n) is 1.19. The molecular weight excluding hydrogens is 243 g/mol. The molecule has 0 spiro atoms. The van der Waals surface area contributed by atoms with Crippen molar-refractivity contribution in [1.29, 1.82) is 0 Å². The van der Waals surface area contributed by atoms with Crippen LogP contribution in [0.15, 0.2) is 0 Å². The maximum Gasteiger partial charge on any atom is 1.00 e. The topological polar surface area (TPSA) is 80.7 Å². The molecular formula is C9H19NaO5S. The number of ether oxygens (including phenoxy) is 1. The summed E-state index contributed by atoms with van der Waals surface area (Å²) >= 11 is 0. The molecule has 0 bridgehead atoms. The Morgan fingerprint density at radius 2 is 1.69 bits per heavy atom. The summed E-state index contributed by atoms with van der Waals surface area (Å²) in [4.78, 5) is 10.7. The Morgan fingerprint density at radius 1 is 1.19 bits per heavy atom. The summed E-state index contributed by atoms with van der Waals surface area (Å²) in [5.41, 5.74) is 0. The summed E-state index contributed by atoms with van der Waals surface area (Å²) < 4.78 is 33.6. The molecule has 0 rings (SSSR count). The normalized spacial score (nSPS) is 10.6. The molecule has 0 aliphatic heterocycles. The average molecular weight is 262 g/mol. The van der Waals surface area contributed by atoms with Crippen molar-refractivity contribution in [3.8, 4) is 0 Å². The minimum atomic E-state index is -3.81. The summed E-state index contributed by atoms with van der Waals surface area (Å²) in [6.07, 6.45) is 4.14. The molecule has 0 aromatic heterocycles. The minimum absolute atomic E-state index is 0. The van der Waals surface area contributed by atoms with Crippen LogP contribution < -0.4 is 29.6 Å². The average Bonchev–Trinajstić information content (AvgIpc) is 2.14. The molecule has 16 heavy (non-hydrogen) atoms. The zero-order chi connectivity index (χ0) is 11.7. The molecule has 0 atom stereocenters. The molecule has 0 saturated heterocycles. The van der Waals surface area contributed by atoms with Crippen molar-refractivity contribution in [3.05, 3.63) is 0 Å². The Bertz CT molecular complexity index is 281. The first-order chi connectivity index (χ1) is 6.95. The van der Waals surface area contributed by atoms with Gasteiger partial charge in [-0.2, -0.15) is 8.42 Å². The molecule has 0 radical (unpaired) electrons. The van der Waals surface area contributed by atoms with Crippen LogP contribution in [-0.2, 0) is 19.6 Å². The Labute approximate surface area is 120 Å². The van der Waals surface area contributed by atoms with Crippen molar-refractivity contribution in [3.63, 3.8) is 0 Å². The van der Waals surface area contributed by atoms with Crippen LogP contribution >= 0.6 is 0 Å². The summed E-state index contributed by atoms with van der Waals surface area (Å²) in [7, 11) is -2.45. The number of hydrogen-bond acceptors (Lipinski definition) is 4. The largest absolute Gasteiger partial charge is 1.00 e. The van der Waals surface area contributed by atoms with Crippen molar-refractivity contribution in [2.24, 2.45) is 0 Å². The molecule has 7 heteroatoms. The summed E-state index contributed by atoms with van der Waals surface area (Å²) in [6.45, 7) is 0. The molecule has 0 heterocycles. The van der Waals surface area contributed by atoms with Crippen molar-refractivity contribution in [1.82, 2.24) is 0 Å². The summed E-state index contributed by atoms with van der Waals surface area (Å²) in [6, 6.07) is 0. The van der Waals surface area contributed by atoms with E-state index in [4.69, 9.17) is 4.55 Å². The van der Waals surface area contributed by atoms with Gasteiger partial charge in [0.05, 0.1) is 12.9 Å². The van der Waals surface area contributed by atoms with E-state index in [0.29, 0.717) is 12.8 Å². The molecule has 0 amide bonds. The van der Waals surface area contributed by atoms with Crippen LogP contribution in [0, 0.1) is 0 Å². The van der Waals surface area contributed by atoms with Gasteiger partial charge in [0.1, 0.15) is 0 Å².